The van der Waals surface area contributed by atoms with Crippen molar-refractivity contribution in [2.75, 3.05) is 23.2 Å². The number of carbonyl (C=O) groups excluding carboxylic acids is 2. The highest BCUT2D eigenvalue weighted by Gasteiger charge is 2.28. The third-order valence-electron chi connectivity index (χ3n) is 4.07. The largest absolute Gasteiger partial charge is 0.454 e. The highest BCUT2D eigenvalue weighted by atomic mass is 32.2. The third kappa shape index (κ3) is 4.13. The van der Waals surface area contributed by atoms with Gasteiger partial charge < -0.3 is 4.74 Å². The fourth-order valence-corrected chi connectivity index (χ4v) is 4.23. The average molecular weight is 395 g/mol. The predicted octanol–water partition coefficient (Wildman–Crippen LogP) is 2.54. The smallest absolute Gasteiger partial charge is 0.338 e. The number of sulfonamides is 1. The molecule has 6 nitrogen and oxygen atoms in total. The van der Waals surface area contributed by atoms with Gasteiger partial charge >= 0.3 is 5.97 Å². The van der Waals surface area contributed by atoms with Gasteiger partial charge in [-0.1, -0.05) is 0 Å². The molecule has 9 heteroatoms. The van der Waals surface area contributed by atoms with Crippen molar-refractivity contribution in [3.63, 3.8) is 0 Å². The Hall–Kier alpha value is -2.81. The minimum atomic E-state index is -3.32. The van der Waals surface area contributed by atoms with Crippen LogP contribution >= 0.6 is 0 Å². The van der Waals surface area contributed by atoms with Crippen LogP contribution in [0.3, 0.4) is 0 Å². The Bertz CT molecular complexity index is 989. The summed E-state index contributed by atoms with van der Waals surface area (Å²) < 4.78 is 55.9. The van der Waals surface area contributed by atoms with Crippen molar-refractivity contribution in [1.82, 2.24) is 0 Å². The zero-order valence-corrected chi connectivity index (χ0v) is 14.8. The van der Waals surface area contributed by atoms with Gasteiger partial charge in [0.25, 0.3) is 0 Å². The second-order valence-electron chi connectivity index (χ2n) is 5.92. The standard InChI is InChI=1S/C18H15F2NO5S/c19-15-7-4-13(10-16(15)20)17(22)11-26-18(23)12-2-5-14(6-3-12)21-8-1-9-27(21,24)25/h2-7,10H,1,8-9,11H2. The molecular weight excluding hydrogens is 380 g/mol. The van der Waals surface area contributed by atoms with E-state index in [-0.39, 0.29) is 16.9 Å². The molecule has 0 amide bonds. The molecule has 2 aromatic carbocycles. The normalized spacial score (nSPS) is 15.6. The van der Waals surface area contributed by atoms with Crippen LogP contribution in [0.5, 0.6) is 0 Å². The number of Topliss-reactive ketones (excluding diaryl/α,β-unsaturated/α-hetero) is 1. The zero-order valence-electron chi connectivity index (χ0n) is 14.0. The molecule has 0 saturated carbocycles. The number of ketones is 1. The molecule has 2 aromatic rings. The van der Waals surface area contributed by atoms with Crippen LogP contribution in [0.4, 0.5) is 14.5 Å². The summed E-state index contributed by atoms with van der Waals surface area (Å²) in [6.07, 6.45) is 0.540. The fourth-order valence-electron chi connectivity index (χ4n) is 2.66. The van der Waals surface area contributed by atoms with Gasteiger partial charge in [-0.25, -0.2) is 22.0 Å². The van der Waals surface area contributed by atoms with Crippen molar-refractivity contribution in [2.24, 2.45) is 0 Å². The van der Waals surface area contributed by atoms with E-state index in [0.29, 0.717) is 18.7 Å². The van der Waals surface area contributed by atoms with Crippen molar-refractivity contribution >= 4 is 27.5 Å². The molecule has 1 fully saturated rings. The molecule has 0 aromatic heterocycles. The van der Waals surface area contributed by atoms with Gasteiger partial charge in [0.1, 0.15) is 0 Å². The number of ether oxygens (including phenoxy) is 1. The van der Waals surface area contributed by atoms with Crippen molar-refractivity contribution in [3.8, 4) is 0 Å². The second kappa shape index (κ2) is 7.43. The molecule has 0 aliphatic carbocycles. The summed E-state index contributed by atoms with van der Waals surface area (Å²) in [6, 6.07) is 8.40. The maximum atomic E-state index is 13.1. The lowest BCUT2D eigenvalue weighted by Gasteiger charge is -2.16. The Kier molecular flexibility index (Phi) is 5.22. The first-order chi connectivity index (χ1) is 12.8. The third-order valence-corrected chi connectivity index (χ3v) is 5.94. The number of nitrogens with zero attached hydrogens (tertiary/aromatic N) is 1. The molecule has 1 saturated heterocycles. The first-order valence-electron chi connectivity index (χ1n) is 8.04. The van der Waals surface area contributed by atoms with Crippen LogP contribution in [0, 0.1) is 11.6 Å². The van der Waals surface area contributed by atoms with E-state index >= 15 is 0 Å². The van der Waals surface area contributed by atoms with E-state index in [0.717, 1.165) is 18.2 Å². The number of benzene rings is 2. The summed E-state index contributed by atoms with van der Waals surface area (Å²) in [5.74, 6) is -3.63. The summed E-state index contributed by atoms with van der Waals surface area (Å²) in [7, 11) is -3.32. The van der Waals surface area contributed by atoms with E-state index in [1.54, 1.807) is 0 Å². The summed E-state index contributed by atoms with van der Waals surface area (Å²) >= 11 is 0. The molecule has 0 bridgehead atoms. The van der Waals surface area contributed by atoms with Crippen LogP contribution < -0.4 is 4.31 Å². The highest BCUT2D eigenvalue weighted by molar-refractivity contribution is 7.93. The Morgan fingerprint density at radius 2 is 1.67 bits per heavy atom. The molecule has 1 aliphatic rings. The maximum absolute atomic E-state index is 13.1. The van der Waals surface area contributed by atoms with Gasteiger partial charge in [-0.2, -0.15) is 0 Å². The Labute approximate surface area is 154 Å². The molecule has 0 atom stereocenters. The van der Waals surface area contributed by atoms with Crippen molar-refractivity contribution < 1.29 is 31.5 Å². The van der Waals surface area contributed by atoms with Gasteiger partial charge in [-0.15, -0.1) is 0 Å². The zero-order chi connectivity index (χ0) is 19.6. The topological polar surface area (TPSA) is 80.8 Å². The van der Waals surface area contributed by atoms with Crippen molar-refractivity contribution in [2.45, 2.75) is 6.42 Å². The summed E-state index contributed by atoms with van der Waals surface area (Å²) in [4.78, 5) is 23.9. The highest BCUT2D eigenvalue weighted by Crippen LogP contribution is 2.24. The fraction of sp³-hybridized carbons (Fsp3) is 0.222. The van der Waals surface area contributed by atoms with Crippen LogP contribution in [-0.2, 0) is 14.8 Å². The first kappa shape index (κ1) is 19.0. The van der Waals surface area contributed by atoms with Crippen LogP contribution in [0.15, 0.2) is 42.5 Å². The molecule has 27 heavy (non-hydrogen) atoms. The van der Waals surface area contributed by atoms with Gasteiger partial charge in [0.2, 0.25) is 10.0 Å². The van der Waals surface area contributed by atoms with Crippen molar-refractivity contribution in [1.29, 1.82) is 0 Å². The molecule has 142 valence electrons. The van der Waals surface area contributed by atoms with Gasteiger partial charge in [0.05, 0.1) is 17.0 Å². The number of halogens is 2. The average Bonchev–Trinajstić information content (AvgIpc) is 3.01. The van der Waals surface area contributed by atoms with Crippen LogP contribution in [-0.4, -0.2) is 39.1 Å². The monoisotopic (exact) mass is 395 g/mol. The number of rotatable bonds is 5. The summed E-state index contributed by atoms with van der Waals surface area (Å²) in [5, 5.41) is 0. The number of esters is 1. The van der Waals surface area contributed by atoms with E-state index in [1.165, 1.54) is 28.6 Å². The van der Waals surface area contributed by atoms with Gasteiger partial charge in [0.15, 0.2) is 24.0 Å². The second-order valence-corrected chi connectivity index (χ2v) is 7.93. The van der Waals surface area contributed by atoms with Crippen LogP contribution in [0.1, 0.15) is 27.1 Å². The van der Waals surface area contributed by atoms with Gasteiger partial charge in [-0.05, 0) is 48.9 Å². The quantitative estimate of drug-likeness (QED) is 0.574. The molecule has 0 unspecified atom stereocenters. The molecule has 3 rings (SSSR count). The van der Waals surface area contributed by atoms with Gasteiger partial charge in [-0.3, -0.25) is 9.10 Å². The lowest BCUT2D eigenvalue weighted by Crippen LogP contribution is -2.25. The van der Waals surface area contributed by atoms with Crippen LogP contribution in [0.2, 0.25) is 0 Å². The number of carbonyl (C=O) groups is 2. The van der Waals surface area contributed by atoms with Gasteiger partial charge in [0, 0.05) is 12.1 Å². The van der Waals surface area contributed by atoms with Crippen LogP contribution in [0.25, 0.3) is 0 Å². The van der Waals surface area contributed by atoms with E-state index in [4.69, 9.17) is 4.74 Å². The molecule has 1 heterocycles. The van der Waals surface area contributed by atoms with E-state index in [1.807, 2.05) is 0 Å². The Morgan fingerprint density at radius 3 is 2.26 bits per heavy atom. The summed E-state index contributed by atoms with van der Waals surface area (Å²) in [6.45, 7) is -0.249. The minimum absolute atomic E-state index is 0.0862. The molecule has 0 N–H and O–H groups in total. The lowest BCUT2D eigenvalue weighted by molar-refractivity contribution is 0.0474. The number of hydrogen-bond donors (Lipinski definition) is 0. The summed E-state index contributed by atoms with van der Waals surface area (Å²) in [5.41, 5.74) is 0.464. The first-order valence-corrected chi connectivity index (χ1v) is 9.65. The molecular formula is C18H15F2NO5S. The number of hydrogen-bond acceptors (Lipinski definition) is 5. The lowest BCUT2D eigenvalue weighted by atomic mass is 10.1. The SMILES string of the molecule is O=C(COC(=O)c1ccc(N2CCCS2(=O)=O)cc1)c1ccc(F)c(F)c1. The Balaban J connectivity index is 1.62. The molecule has 1 aliphatic heterocycles. The molecule has 0 spiro atoms. The number of anilines is 1. The maximum Gasteiger partial charge on any atom is 0.338 e. The van der Waals surface area contributed by atoms with E-state index < -0.39 is 40.0 Å². The van der Waals surface area contributed by atoms with E-state index in [9.17, 15) is 26.8 Å². The molecule has 0 radical (unpaired) electrons. The van der Waals surface area contributed by atoms with E-state index in [2.05, 4.69) is 0 Å². The minimum Gasteiger partial charge on any atom is -0.454 e. The predicted molar refractivity (Wildman–Crippen MR) is 93.2 cm³/mol. The van der Waals surface area contributed by atoms with Crippen molar-refractivity contribution in [3.05, 3.63) is 65.2 Å². The Morgan fingerprint density at radius 1 is 1.00 bits per heavy atom.